The molecule has 0 radical (unpaired) electrons. The zero-order valence-electron chi connectivity index (χ0n) is 15.5. The van der Waals surface area contributed by atoms with Crippen molar-refractivity contribution in [2.45, 2.75) is 13.2 Å². The molecule has 2 aromatic heterocycles. The van der Waals surface area contributed by atoms with Crippen LogP contribution in [0.15, 0.2) is 70.3 Å². The van der Waals surface area contributed by atoms with Crippen LogP contribution in [0.25, 0.3) is 10.9 Å². The van der Waals surface area contributed by atoms with E-state index in [-0.39, 0.29) is 18.7 Å². The molecular weight excluding hydrogens is 429 g/mol. The molecule has 9 heteroatoms. The molecule has 0 bridgehead atoms. The number of carbonyl (C=O) groups is 1. The van der Waals surface area contributed by atoms with Crippen LogP contribution in [0.3, 0.4) is 0 Å². The molecule has 4 aromatic rings. The highest BCUT2D eigenvalue weighted by atomic mass is 35.5. The Morgan fingerprint density at radius 2 is 2.00 bits per heavy atom. The summed E-state index contributed by atoms with van der Waals surface area (Å²) in [5, 5.41) is 3.81. The third-order valence-electron chi connectivity index (χ3n) is 4.33. The molecule has 2 aromatic carbocycles. The van der Waals surface area contributed by atoms with Gasteiger partial charge in [0.1, 0.15) is 5.76 Å². The second-order valence-corrected chi connectivity index (χ2v) is 7.25. The lowest BCUT2D eigenvalue weighted by Crippen LogP contribution is -2.21. The fourth-order valence-corrected chi connectivity index (χ4v) is 3.19. The molecule has 0 saturated carbocycles. The topological polar surface area (TPSA) is 86.4 Å². The van der Waals surface area contributed by atoms with Gasteiger partial charge in [-0.1, -0.05) is 29.3 Å². The number of nitrogens with one attached hydrogen (secondary N) is 1. The summed E-state index contributed by atoms with van der Waals surface area (Å²) in [5.41, 5.74) is 1.49. The lowest BCUT2D eigenvalue weighted by Gasteiger charge is -2.09. The SMILES string of the molecule is O=C(Nc1ccc2ncn(Cc3ccc(Cl)c(Cl)c3)c(=O)c2c1)OCc1ccco1. The third kappa shape index (κ3) is 4.48. The van der Waals surface area contributed by atoms with Gasteiger partial charge in [-0.15, -0.1) is 0 Å². The minimum absolute atomic E-state index is 0.00439. The zero-order chi connectivity index (χ0) is 21.1. The number of fused-ring (bicyclic) bond motifs is 1. The van der Waals surface area contributed by atoms with Crippen molar-refractivity contribution in [1.82, 2.24) is 9.55 Å². The first kappa shape index (κ1) is 20.0. The van der Waals surface area contributed by atoms with Crippen LogP contribution in [-0.2, 0) is 17.9 Å². The van der Waals surface area contributed by atoms with Crippen LogP contribution in [0.2, 0.25) is 10.0 Å². The van der Waals surface area contributed by atoms with Crippen molar-refractivity contribution in [3.63, 3.8) is 0 Å². The Balaban J connectivity index is 1.53. The first-order valence-corrected chi connectivity index (χ1v) is 9.64. The van der Waals surface area contributed by atoms with Gasteiger partial charge in [-0.05, 0) is 48.0 Å². The predicted molar refractivity (Wildman–Crippen MR) is 114 cm³/mol. The van der Waals surface area contributed by atoms with Crippen LogP contribution >= 0.6 is 23.2 Å². The summed E-state index contributed by atoms with van der Waals surface area (Å²) in [6, 6.07) is 13.4. The average Bonchev–Trinajstić information content (AvgIpc) is 3.25. The molecule has 152 valence electrons. The fraction of sp³-hybridized carbons (Fsp3) is 0.0952. The molecule has 1 amide bonds. The van der Waals surface area contributed by atoms with E-state index in [0.29, 0.717) is 32.4 Å². The standard InChI is InChI=1S/C21H15Cl2N3O4/c22-17-5-3-13(8-18(17)23)10-26-12-24-19-6-4-14(9-16(19)20(26)27)25-21(28)30-11-15-2-1-7-29-15/h1-9,12H,10-11H2,(H,25,28). The number of ether oxygens (including phenoxy) is 1. The number of anilines is 1. The van der Waals surface area contributed by atoms with Gasteiger partial charge in [0.15, 0.2) is 6.61 Å². The Kier molecular flexibility index (Phi) is 5.74. The maximum absolute atomic E-state index is 12.9. The van der Waals surface area contributed by atoms with Crippen molar-refractivity contribution < 1.29 is 13.9 Å². The van der Waals surface area contributed by atoms with Crippen LogP contribution in [0, 0.1) is 0 Å². The molecule has 30 heavy (non-hydrogen) atoms. The molecule has 0 spiro atoms. The first-order chi connectivity index (χ1) is 14.5. The number of hydrogen-bond acceptors (Lipinski definition) is 5. The van der Waals surface area contributed by atoms with Crippen LogP contribution < -0.4 is 10.9 Å². The summed E-state index contributed by atoms with van der Waals surface area (Å²) in [5.74, 6) is 0.526. The van der Waals surface area contributed by atoms with Crippen molar-refractivity contribution in [1.29, 1.82) is 0 Å². The van der Waals surface area contributed by atoms with E-state index in [9.17, 15) is 9.59 Å². The molecule has 0 unspecified atom stereocenters. The van der Waals surface area contributed by atoms with Gasteiger partial charge in [0.25, 0.3) is 5.56 Å². The number of halogens is 2. The molecule has 1 N–H and O–H groups in total. The van der Waals surface area contributed by atoms with Crippen LogP contribution in [0.4, 0.5) is 10.5 Å². The maximum Gasteiger partial charge on any atom is 0.412 e. The lowest BCUT2D eigenvalue weighted by molar-refractivity contribution is 0.146. The summed E-state index contributed by atoms with van der Waals surface area (Å²) >= 11 is 12.0. The zero-order valence-corrected chi connectivity index (χ0v) is 17.0. The Labute approximate surface area is 180 Å². The summed E-state index contributed by atoms with van der Waals surface area (Å²) < 4.78 is 11.7. The van der Waals surface area contributed by atoms with Gasteiger partial charge in [0.05, 0.1) is 40.1 Å². The van der Waals surface area contributed by atoms with Gasteiger partial charge in [-0.2, -0.15) is 0 Å². The van der Waals surface area contributed by atoms with Gasteiger partial charge in [-0.25, -0.2) is 9.78 Å². The molecule has 0 aliphatic carbocycles. The number of amides is 1. The third-order valence-corrected chi connectivity index (χ3v) is 5.07. The van der Waals surface area contributed by atoms with E-state index in [2.05, 4.69) is 10.3 Å². The van der Waals surface area contributed by atoms with Crippen molar-refractivity contribution in [3.8, 4) is 0 Å². The normalized spacial score (nSPS) is 10.9. The van der Waals surface area contributed by atoms with Crippen molar-refractivity contribution in [2.24, 2.45) is 0 Å². The van der Waals surface area contributed by atoms with Crippen LogP contribution in [0.5, 0.6) is 0 Å². The molecule has 0 fully saturated rings. The molecular formula is C21H15Cl2N3O4. The molecule has 0 saturated heterocycles. The van der Waals surface area contributed by atoms with Gasteiger partial charge < -0.3 is 9.15 Å². The molecule has 0 atom stereocenters. The van der Waals surface area contributed by atoms with Crippen molar-refractivity contribution in [3.05, 3.63) is 92.8 Å². The number of furan rings is 1. The number of carbonyl (C=O) groups excluding carboxylic acids is 1. The molecule has 0 aliphatic heterocycles. The fourth-order valence-electron chi connectivity index (χ4n) is 2.87. The molecule has 4 rings (SSSR count). The second-order valence-electron chi connectivity index (χ2n) is 6.44. The van der Waals surface area contributed by atoms with E-state index in [4.69, 9.17) is 32.4 Å². The highest BCUT2D eigenvalue weighted by Crippen LogP contribution is 2.23. The van der Waals surface area contributed by atoms with Crippen molar-refractivity contribution >= 4 is 45.9 Å². The maximum atomic E-state index is 12.9. The monoisotopic (exact) mass is 443 g/mol. The molecule has 0 aliphatic rings. The van der Waals surface area contributed by atoms with Gasteiger partial charge in [0.2, 0.25) is 0 Å². The van der Waals surface area contributed by atoms with Gasteiger partial charge in [-0.3, -0.25) is 14.7 Å². The largest absolute Gasteiger partial charge is 0.466 e. The van der Waals surface area contributed by atoms with Crippen LogP contribution in [0.1, 0.15) is 11.3 Å². The Bertz CT molecular complexity index is 1270. The smallest absolute Gasteiger partial charge is 0.412 e. The highest BCUT2D eigenvalue weighted by Gasteiger charge is 2.10. The quantitative estimate of drug-likeness (QED) is 0.463. The van der Waals surface area contributed by atoms with Gasteiger partial charge in [0, 0.05) is 5.69 Å². The van der Waals surface area contributed by atoms with Crippen LogP contribution in [-0.4, -0.2) is 15.6 Å². The number of benzene rings is 2. The number of aromatic nitrogens is 2. The Morgan fingerprint density at radius 1 is 1.13 bits per heavy atom. The second kappa shape index (κ2) is 8.61. The minimum Gasteiger partial charge on any atom is -0.466 e. The summed E-state index contributed by atoms with van der Waals surface area (Å²) in [6.07, 6.45) is 2.30. The first-order valence-electron chi connectivity index (χ1n) is 8.89. The van der Waals surface area contributed by atoms with E-state index in [0.717, 1.165) is 5.56 Å². The lowest BCUT2D eigenvalue weighted by atomic mass is 10.2. The highest BCUT2D eigenvalue weighted by molar-refractivity contribution is 6.42. The number of hydrogen-bond donors (Lipinski definition) is 1. The Hall–Kier alpha value is -3.29. The average molecular weight is 444 g/mol. The van der Waals surface area contributed by atoms with Crippen molar-refractivity contribution in [2.75, 3.05) is 5.32 Å². The summed E-state index contributed by atoms with van der Waals surface area (Å²) in [7, 11) is 0. The van der Waals surface area contributed by atoms with E-state index < -0.39 is 6.09 Å². The van der Waals surface area contributed by atoms with Gasteiger partial charge >= 0.3 is 6.09 Å². The van der Waals surface area contributed by atoms with E-state index in [1.807, 2.05) is 0 Å². The minimum atomic E-state index is -0.661. The molecule has 7 nitrogen and oxygen atoms in total. The molecule has 2 heterocycles. The number of rotatable bonds is 5. The van der Waals surface area contributed by atoms with E-state index >= 15 is 0 Å². The Morgan fingerprint density at radius 3 is 2.77 bits per heavy atom. The summed E-state index contributed by atoms with van der Waals surface area (Å²) in [6.45, 7) is 0.284. The summed E-state index contributed by atoms with van der Waals surface area (Å²) in [4.78, 5) is 29.2. The van der Waals surface area contributed by atoms with E-state index in [1.165, 1.54) is 17.2 Å². The number of nitrogens with zero attached hydrogens (tertiary/aromatic N) is 2. The van der Waals surface area contributed by atoms with E-state index in [1.54, 1.807) is 48.5 Å². The predicted octanol–water partition coefficient (Wildman–Crippen LogP) is 5.09.